The minimum atomic E-state index is 0.679. The lowest BCUT2D eigenvalue weighted by Crippen LogP contribution is -2.22. The van der Waals surface area contributed by atoms with Crippen molar-refractivity contribution in [3.8, 4) is 11.3 Å². The van der Waals surface area contributed by atoms with Gasteiger partial charge in [-0.3, -0.25) is 0 Å². The molecule has 0 aromatic carbocycles. The molecule has 0 aliphatic heterocycles. The number of hydrogen-bond acceptors (Lipinski definition) is 4. The quantitative estimate of drug-likeness (QED) is 0.811. The van der Waals surface area contributed by atoms with Crippen molar-refractivity contribution < 1.29 is 4.42 Å². The van der Waals surface area contributed by atoms with Gasteiger partial charge in [0.2, 0.25) is 0 Å². The number of nitrogens with one attached hydrogen (secondary N) is 1. The molecule has 0 bridgehead atoms. The number of hydrogen-bond donors (Lipinski definition) is 1. The standard InChI is InChI=1S/C14H20N2OS/c1-10(2)6-15-5-4-14-16-7-13(17-14)12-9-18-8-11(12)3/h7-10,15H,4-6H2,1-3H3. The van der Waals surface area contributed by atoms with E-state index < -0.39 is 0 Å². The van der Waals surface area contributed by atoms with Gasteiger partial charge in [-0.25, -0.2) is 4.98 Å². The third kappa shape index (κ3) is 3.43. The number of aromatic nitrogens is 1. The highest BCUT2D eigenvalue weighted by molar-refractivity contribution is 7.08. The predicted molar refractivity (Wildman–Crippen MR) is 76.0 cm³/mol. The maximum atomic E-state index is 5.77. The highest BCUT2D eigenvalue weighted by Gasteiger charge is 2.09. The van der Waals surface area contributed by atoms with Crippen molar-refractivity contribution >= 4 is 11.3 Å². The van der Waals surface area contributed by atoms with Gasteiger partial charge in [0, 0.05) is 23.9 Å². The number of aryl methyl sites for hydroxylation is 1. The normalized spacial score (nSPS) is 11.3. The minimum absolute atomic E-state index is 0.679. The summed E-state index contributed by atoms with van der Waals surface area (Å²) >= 11 is 1.69. The van der Waals surface area contributed by atoms with Gasteiger partial charge in [-0.05, 0) is 30.3 Å². The van der Waals surface area contributed by atoms with Gasteiger partial charge in [0.15, 0.2) is 11.7 Å². The van der Waals surface area contributed by atoms with Crippen LogP contribution in [0.4, 0.5) is 0 Å². The Morgan fingerprint density at radius 1 is 1.39 bits per heavy atom. The van der Waals surface area contributed by atoms with Gasteiger partial charge < -0.3 is 9.73 Å². The van der Waals surface area contributed by atoms with Crippen LogP contribution in [0, 0.1) is 12.8 Å². The second kappa shape index (κ2) is 6.16. The monoisotopic (exact) mass is 264 g/mol. The first-order valence-corrected chi connectivity index (χ1v) is 7.29. The minimum Gasteiger partial charge on any atom is -0.441 e. The van der Waals surface area contributed by atoms with Crippen LogP contribution in [-0.2, 0) is 6.42 Å². The molecule has 0 unspecified atom stereocenters. The molecule has 0 aliphatic carbocycles. The zero-order valence-corrected chi connectivity index (χ0v) is 12.0. The molecule has 0 radical (unpaired) electrons. The van der Waals surface area contributed by atoms with Crippen molar-refractivity contribution in [1.82, 2.24) is 10.3 Å². The molecular formula is C14H20N2OS. The molecule has 0 amide bonds. The maximum absolute atomic E-state index is 5.77. The van der Waals surface area contributed by atoms with Crippen molar-refractivity contribution in [2.24, 2.45) is 5.92 Å². The van der Waals surface area contributed by atoms with E-state index in [0.717, 1.165) is 36.7 Å². The predicted octanol–water partition coefficient (Wildman–Crippen LogP) is 3.50. The lowest BCUT2D eigenvalue weighted by atomic mass is 10.2. The molecule has 0 atom stereocenters. The molecule has 0 fully saturated rings. The fraction of sp³-hybridized carbons (Fsp3) is 0.500. The molecule has 3 nitrogen and oxygen atoms in total. The Bertz CT molecular complexity index is 487. The Morgan fingerprint density at radius 2 is 2.22 bits per heavy atom. The molecule has 2 aromatic rings. The van der Waals surface area contributed by atoms with Gasteiger partial charge in [0.25, 0.3) is 0 Å². The van der Waals surface area contributed by atoms with Crippen LogP contribution in [0.5, 0.6) is 0 Å². The van der Waals surface area contributed by atoms with Crippen LogP contribution in [0.1, 0.15) is 25.3 Å². The molecule has 18 heavy (non-hydrogen) atoms. The molecule has 0 aliphatic rings. The van der Waals surface area contributed by atoms with Crippen molar-refractivity contribution in [2.45, 2.75) is 27.2 Å². The van der Waals surface area contributed by atoms with E-state index >= 15 is 0 Å². The van der Waals surface area contributed by atoms with Crippen LogP contribution in [0.25, 0.3) is 11.3 Å². The third-order valence-corrected chi connectivity index (χ3v) is 3.60. The Hall–Kier alpha value is -1.13. The summed E-state index contributed by atoms with van der Waals surface area (Å²) < 4.78 is 5.77. The molecule has 4 heteroatoms. The molecule has 0 spiro atoms. The lowest BCUT2D eigenvalue weighted by Gasteiger charge is -2.05. The van der Waals surface area contributed by atoms with Crippen LogP contribution in [0.15, 0.2) is 21.4 Å². The maximum Gasteiger partial charge on any atom is 0.196 e. The van der Waals surface area contributed by atoms with Crippen LogP contribution in [0.2, 0.25) is 0 Å². The van der Waals surface area contributed by atoms with Gasteiger partial charge in [0.05, 0.1) is 6.20 Å². The Balaban J connectivity index is 1.89. The molecule has 2 aromatic heterocycles. The lowest BCUT2D eigenvalue weighted by molar-refractivity contribution is 0.483. The molecule has 98 valence electrons. The largest absolute Gasteiger partial charge is 0.441 e. The smallest absolute Gasteiger partial charge is 0.196 e. The average molecular weight is 264 g/mol. The Kier molecular flexibility index (Phi) is 4.55. The molecule has 0 saturated carbocycles. The summed E-state index contributed by atoms with van der Waals surface area (Å²) in [6.45, 7) is 8.46. The molecular weight excluding hydrogens is 244 g/mol. The van der Waals surface area contributed by atoms with Crippen LogP contribution < -0.4 is 5.32 Å². The Labute approximate surface area is 112 Å². The van der Waals surface area contributed by atoms with Crippen molar-refractivity contribution in [2.75, 3.05) is 13.1 Å². The summed E-state index contributed by atoms with van der Waals surface area (Å²) in [7, 11) is 0. The zero-order valence-electron chi connectivity index (χ0n) is 11.2. The first-order valence-electron chi connectivity index (χ1n) is 6.35. The summed E-state index contributed by atoms with van der Waals surface area (Å²) in [5, 5.41) is 7.63. The molecule has 2 heterocycles. The molecule has 0 saturated heterocycles. The van der Waals surface area contributed by atoms with E-state index in [9.17, 15) is 0 Å². The number of thiophene rings is 1. The number of oxazole rings is 1. The molecule has 1 N–H and O–H groups in total. The highest BCUT2D eigenvalue weighted by Crippen LogP contribution is 2.27. The van der Waals surface area contributed by atoms with Gasteiger partial charge in [-0.15, -0.1) is 0 Å². The Morgan fingerprint density at radius 3 is 2.89 bits per heavy atom. The second-order valence-corrected chi connectivity index (χ2v) is 5.68. The van der Waals surface area contributed by atoms with E-state index in [0.29, 0.717) is 5.92 Å². The van der Waals surface area contributed by atoms with Crippen molar-refractivity contribution in [1.29, 1.82) is 0 Å². The van der Waals surface area contributed by atoms with Crippen LogP contribution >= 0.6 is 11.3 Å². The van der Waals surface area contributed by atoms with E-state index in [1.165, 1.54) is 5.56 Å². The molecule has 2 rings (SSSR count). The fourth-order valence-corrected chi connectivity index (χ4v) is 2.59. The van der Waals surface area contributed by atoms with E-state index in [-0.39, 0.29) is 0 Å². The summed E-state index contributed by atoms with van der Waals surface area (Å²) in [5.74, 6) is 2.37. The SMILES string of the molecule is Cc1cscc1-c1cnc(CCNCC(C)C)o1. The third-order valence-electron chi connectivity index (χ3n) is 2.74. The van der Waals surface area contributed by atoms with Gasteiger partial charge in [-0.1, -0.05) is 13.8 Å². The summed E-state index contributed by atoms with van der Waals surface area (Å²) in [4.78, 5) is 4.33. The van der Waals surface area contributed by atoms with E-state index in [1.807, 2.05) is 6.20 Å². The summed E-state index contributed by atoms with van der Waals surface area (Å²) in [5.41, 5.74) is 2.41. The first-order chi connectivity index (χ1) is 8.66. The second-order valence-electron chi connectivity index (χ2n) is 4.93. The number of rotatable bonds is 6. The van der Waals surface area contributed by atoms with E-state index in [4.69, 9.17) is 4.42 Å². The van der Waals surface area contributed by atoms with E-state index in [2.05, 4.69) is 41.8 Å². The first kappa shape index (κ1) is 13.3. The van der Waals surface area contributed by atoms with Crippen molar-refractivity contribution in [3.05, 3.63) is 28.4 Å². The summed E-state index contributed by atoms with van der Waals surface area (Å²) in [6, 6.07) is 0. The average Bonchev–Trinajstić information content (AvgIpc) is 2.92. The van der Waals surface area contributed by atoms with Gasteiger partial charge >= 0.3 is 0 Å². The van der Waals surface area contributed by atoms with Crippen LogP contribution in [0.3, 0.4) is 0 Å². The van der Waals surface area contributed by atoms with Gasteiger partial charge in [-0.2, -0.15) is 11.3 Å². The van der Waals surface area contributed by atoms with Crippen LogP contribution in [-0.4, -0.2) is 18.1 Å². The summed E-state index contributed by atoms with van der Waals surface area (Å²) in [6.07, 6.45) is 2.67. The fourth-order valence-electron chi connectivity index (χ4n) is 1.75. The topological polar surface area (TPSA) is 38.1 Å². The zero-order chi connectivity index (χ0) is 13.0. The van der Waals surface area contributed by atoms with Gasteiger partial charge in [0.1, 0.15) is 0 Å². The van der Waals surface area contributed by atoms with E-state index in [1.54, 1.807) is 11.3 Å². The number of nitrogens with zero attached hydrogens (tertiary/aromatic N) is 1. The highest BCUT2D eigenvalue weighted by atomic mass is 32.1. The van der Waals surface area contributed by atoms with Crippen molar-refractivity contribution in [3.63, 3.8) is 0 Å².